The van der Waals surface area contributed by atoms with Gasteiger partial charge in [-0.1, -0.05) is 30.3 Å². The summed E-state index contributed by atoms with van der Waals surface area (Å²) in [4.78, 5) is 28.6. The minimum absolute atomic E-state index is 0.224. The summed E-state index contributed by atoms with van der Waals surface area (Å²) in [6, 6.07) is 16.6. The van der Waals surface area contributed by atoms with Crippen molar-refractivity contribution in [2.75, 3.05) is 5.32 Å². The summed E-state index contributed by atoms with van der Waals surface area (Å²) in [6.07, 6.45) is 6.56. The Morgan fingerprint density at radius 2 is 1.87 bits per heavy atom. The fourth-order valence-electron chi connectivity index (χ4n) is 2.94. The van der Waals surface area contributed by atoms with Crippen LogP contribution >= 0.6 is 0 Å². The zero-order valence-corrected chi connectivity index (χ0v) is 16.0. The first-order valence-corrected chi connectivity index (χ1v) is 9.27. The highest BCUT2D eigenvalue weighted by molar-refractivity contribution is 6.39. The molecule has 0 fully saturated rings. The molecular weight excluding hydrogens is 382 g/mol. The number of anilines is 1. The van der Waals surface area contributed by atoms with Gasteiger partial charge < -0.3 is 10.6 Å². The highest BCUT2D eigenvalue weighted by Gasteiger charge is 2.15. The van der Waals surface area contributed by atoms with Gasteiger partial charge in [-0.2, -0.15) is 10.2 Å². The average molecular weight is 401 g/mol. The van der Waals surface area contributed by atoms with Crippen LogP contribution in [0.15, 0.2) is 79.6 Å². The van der Waals surface area contributed by atoms with E-state index in [9.17, 15) is 9.59 Å². The summed E-state index contributed by atoms with van der Waals surface area (Å²) < 4.78 is 3.36. The predicted octanol–water partition coefficient (Wildman–Crippen LogP) is 1.77. The lowest BCUT2D eigenvalue weighted by molar-refractivity contribution is -0.136. The first-order chi connectivity index (χ1) is 14.7. The number of para-hydroxylation sites is 1. The van der Waals surface area contributed by atoms with E-state index in [0.717, 1.165) is 16.8 Å². The van der Waals surface area contributed by atoms with Crippen LogP contribution in [0.25, 0.3) is 5.69 Å². The van der Waals surface area contributed by atoms with Gasteiger partial charge in [-0.05, 0) is 35.4 Å². The molecule has 0 saturated heterocycles. The summed E-state index contributed by atoms with van der Waals surface area (Å²) in [5.74, 6) is -1.45. The maximum Gasteiger partial charge on any atom is 0.313 e. The molecule has 4 aromatic rings. The van der Waals surface area contributed by atoms with E-state index >= 15 is 0 Å². The van der Waals surface area contributed by atoms with Gasteiger partial charge in [0.1, 0.15) is 12.7 Å². The van der Waals surface area contributed by atoms with Crippen molar-refractivity contribution >= 4 is 17.5 Å². The number of rotatable bonds is 6. The molecule has 4 rings (SSSR count). The first-order valence-electron chi connectivity index (χ1n) is 9.27. The number of benzene rings is 2. The van der Waals surface area contributed by atoms with Crippen LogP contribution in [0.5, 0.6) is 0 Å². The minimum atomic E-state index is -0.732. The second kappa shape index (κ2) is 8.82. The number of aromatic nitrogens is 5. The molecule has 2 aromatic carbocycles. The number of hydrogen-bond donors (Lipinski definition) is 2. The average Bonchev–Trinajstić information content (AvgIpc) is 3.48. The smallest absolute Gasteiger partial charge is 0.313 e. The summed E-state index contributed by atoms with van der Waals surface area (Å²) in [7, 11) is 0. The Labute approximate surface area is 172 Å². The third-order valence-corrected chi connectivity index (χ3v) is 4.40. The largest absolute Gasteiger partial charge is 0.344 e. The van der Waals surface area contributed by atoms with Gasteiger partial charge in [0.05, 0.1) is 12.2 Å². The summed E-state index contributed by atoms with van der Waals surface area (Å²) >= 11 is 0. The number of carbonyl (C=O) groups excluding carboxylic acids is 2. The van der Waals surface area contributed by atoms with Gasteiger partial charge in [0.15, 0.2) is 0 Å². The van der Waals surface area contributed by atoms with Crippen LogP contribution in [0.2, 0.25) is 0 Å². The Hall–Kier alpha value is -4.27. The maximum absolute atomic E-state index is 12.4. The van der Waals surface area contributed by atoms with E-state index in [1.165, 1.54) is 6.33 Å². The van der Waals surface area contributed by atoms with Gasteiger partial charge >= 0.3 is 11.8 Å². The number of nitrogens with zero attached hydrogens (tertiary/aromatic N) is 5. The fraction of sp³-hybridized carbons (Fsp3) is 0.0952. The monoisotopic (exact) mass is 401 g/mol. The Bertz CT molecular complexity index is 1140. The zero-order chi connectivity index (χ0) is 20.8. The summed E-state index contributed by atoms with van der Waals surface area (Å²) in [5.41, 5.74) is 3.10. The van der Waals surface area contributed by atoms with Crippen LogP contribution in [-0.4, -0.2) is 36.4 Å². The van der Waals surface area contributed by atoms with Gasteiger partial charge in [0, 0.05) is 24.6 Å². The molecule has 2 aromatic heterocycles. The normalized spacial score (nSPS) is 10.5. The van der Waals surface area contributed by atoms with Gasteiger partial charge in [0.25, 0.3) is 0 Å². The molecule has 9 nitrogen and oxygen atoms in total. The van der Waals surface area contributed by atoms with Crippen molar-refractivity contribution in [1.82, 2.24) is 29.9 Å². The van der Waals surface area contributed by atoms with E-state index in [0.29, 0.717) is 12.2 Å². The number of nitrogens with one attached hydrogen (secondary N) is 2. The van der Waals surface area contributed by atoms with Crippen molar-refractivity contribution < 1.29 is 9.59 Å². The van der Waals surface area contributed by atoms with Crippen molar-refractivity contribution in [2.45, 2.75) is 13.1 Å². The molecular formula is C21H19N7O2. The summed E-state index contributed by atoms with van der Waals surface area (Å²) in [5, 5.41) is 13.6. The van der Waals surface area contributed by atoms with Crippen LogP contribution in [0.3, 0.4) is 0 Å². The molecule has 0 saturated carbocycles. The maximum atomic E-state index is 12.4. The molecule has 0 bridgehead atoms. The van der Waals surface area contributed by atoms with E-state index in [1.807, 2.05) is 48.7 Å². The lowest BCUT2D eigenvalue weighted by Crippen LogP contribution is -2.35. The van der Waals surface area contributed by atoms with Crippen LogP contribution < -0.4 is 10.6 Å². The fourth-order valence-corrected chi connectivity index (χ4v) is 2.94. The van der Waals surface area contributed by atoms with Gasteiger partial charge in [-0.25, -0.2) is 14.3 Å². The lowest BCUT2D eigenvalue weighted by atomic mass is 10.1. The van der Waals surface area contributed by atoms with Crippen molar-refractivity contribution in [1.29, 1.82) is 0 Å². The highest BCUT2D eigenvalue weighted by Crippen LogP contribution is 2.16. The second-order valence-corrected chi connectivity index (χ2v) is 6.51. The van der Waals surface area contributed by atoms with Crippen molar-refractivity contribution in [3.05, 3.63) is 90.8 Å². The lowest BCUT2D eigenvalue weighted by Gasteiger charge is -2.11. The molecule has 0 spiro atoms. The molecule has 0 aliphatic rings. The van der Waals surface area contributed by atoms with Crippen LogP contribution in [-0.2, 0) is 22.7 Å². The van der Waals surface area contributed by atoms with Crippen molar-refractivity contribution in [3.63, 3.8) is 0 Å². The second-order valence-electron chi connectivity index (χ2n) is 6.51. The minimum Gasteiger partial charge on any atom is -0.344 e. The molecule has 30 heavy (non-hydrogen) atoms. The topological polar surface area (TPSA) is 107 Å². The molecule has 0 aliphatic heterocycles. The van der Waals surface area contributed by atoms with Gasteiger partial charge in [-0.3, -0.25) is 9.59 Å². The summed E-state index contributed by atoms with van der Waals surface area (Å²) in [6.45, 7) is 0.653. The molecule has 0 unspecified atom stereocenters. The van der Waals surface area contributed by atoms with Crippen molar-refractivity contribution in [2.24, 2.45) is 0 Å². The van der Waals surface area contributed by atoms with Crippen LogP contribution in [0.1, 0.15) is 11.1 Å². The molecule has 2 heterocycles. The first kappa shape index (κ1) is 19.1. The number of carbonyl (C=O) groups is 2. The van der Waals surface area contributed by atoms with Crippen molar-refractivity contribution in [3.8, 4) is 5.69 Å². The quantitative estimate of drug-likeness (QED) is 0.479. The van der Waals surface area contributed by atoms with Gasteiger partial charge in [0.2, 0.25) is 0 Å². The molecule has 0 radical (unpaired) electrons. The third kappa shape index (κ3) is 4.58. The number of amides is 2. The van der Waals surface area contributed by atoms with E-state index < -0.39 is 11.8 Å². The van der Waals surface area contributed by atoms with E-state index in [4.69, 9.17) is 0 Å². The third-order valence-electron chi connectivity index (χ3n) is 4.40. The molecule has 9 heteroatoms. The van der Waals surface area contributed by atoms with Crippen LogP contribution in [0, 0.1) is 0 Å². The Morgan fingerprint density at radius 1 is 0.967 bits per heavy atom. The Morgan fingerprint density at radius 3 is 2.67 bits per heavy atom. The zero-order valence-electron chi connectivity index (χ0n) is 16.0. The standard InChI is InChI=1S/C21H19N7O2/c29-20(23-12-16-5-3-7-18(11-16)28-10-4-9-24-28)21(30)26-19-8-2-1-6-17(19)13-27-15-22-14-25-27/h1-11,14-15H,12-13H2,(H,23,29)(H,26,30). The Kier molecular flexibility index (Phi) is 5.61. The number of hydrogen-bond acceptors (Lipinski definition) is 5. The Balaban J connectivity index is 1.37. The molecule has 2 amide bonds. The van der Waals surface area contributed by atoms with E-state index in [1.54, 1.807) is 34.0 Å². The van der Waals surface area contributed by atoms with Gasteiger partial charge in [-0.15, -0.1) is 0 Å². The molecule has 0 atom stereocenters. The van der Waals surface area contributed by atoms with E-state index in [2.05, 4.69) is 25.8 Å². The van der Waals surface area contributed by atoms with Crippen LogP contribution in [0.4, 0.5) is 5.69 Å². The highest BCUT2D eigenvalue weighted by atomic mass is 16.2. The molecule has 0 aliphatic carbocycles. The van der Waals surface area contributed by atoms with E-state index in [-0.39, 0.29) is 6.54 Å². The molecule has 150 valence electrons. The molecule has 2 N–H and O–H groups in total. The SMILES string of the molecule is O=C(NCc1cccc(-n2cccn2)c1)C(=O)Nc1ccccc1Cn1cncn1. The predicted molar refractivity (Wildman–Crippen MR) is 110 cm³/mol.